The van der Waals surface area contributed by atoms with Crippen molar-refractivity contribution < 1.29 is 23.7 Å². The zero-order chi connectivity index (χ0) is 15.5. The maximum Gasteiger partial charge on any atom is 0.252 e. The highest BCUT2D eigenvalue weighted by Crippen LogP contribution is 2.22. The fourth-order valence-electron chi connectivity index (χ4n) is 1.50. The summed E-state index contributed by atoms with van der Waals surface area (Å²) >= 11 is 3.28. The summed E-state index contributed by atoms with van der Waals surface area (Å²) in [6.45, 7) is 2.85. The lowest BCUT2D eigenvalue weighted by atomic mass is 10.2. The minimum absolute atomic E-state index is 0.333. The van der Waals surface area contributed by atoms with E-state index in [9.17, 15) is 4.79 Å². The highest BCUT2D eigenvalue weighted by molar-refractivity contribution is 9.10. The summed E-state index contributed by atoms with van der Waals surface area (Å²) in [5, 5.41) is 0. The third-order valence-electron chi connectivity index (χ3n) is 2.50. The number of halogens is 1. The molecule has 0 aliphatic rings. The number of methoxy groups -OCH3 is 1. The Kier molecular flexibility index (Phi) is 9.00. The van der Waals surface area contributed by atoms with Crippen LogP contribution in [0.15, 0.2) is 22.7 Å². The lowest BCUT2D eigenvalue weighted by molar-refractivity contribution is 0.0179. The molecule has 0 saturated carbocycles. The molecule has 0 aliphatic carbocycles. The quantitative estimate of drug-likeness (QED) is 0.605. The molecule has 2 N–H and O–H groups in total. The third-order valence-corrected chi connectivity index (χ3v) is 2.99. The standard InChI is InChI=1S/C14H20BrNO5/c1-18-4-5-19-6-7-20-8-9-21-13-3-2-11(15)10-12(13)14(16)17/h2-3,10H,4-9H2,1H3,(H2,16,17). The van der Waals surface area contributed by atoms with Gasteiger partial charge in [0.2, 0.25) is 0 Å². The number of hydrogen-bond donors (Lipinski definition) is 1. The Hall–Kier alpha value is -1.15. The molecule has 0 spiro atoms. The van der Waals surface area contributed by atoms with Crippen LogP contribution >= 0.6 is 15.9 Å². The molecule has 0 radical (unpaired) electrons. The van der Waals surface area contributed by atoms with Gasteiger partial charge < -0.3 is 24.7 Å². The maximum atomic E-state index is 11.3. The van der Waals surface area contributed by atoms with Crippen molar-refractivity contribution in [3.63, 3.8) is 0 Å². The highest BCUT2D eigenvalue weighted by Gasteiger charge is 2.09. The van der Waals surface area contributed by atoms with E-state index in [4.69, 9.17) is 24.7 Å². The lowest BCUT2D eigenvalue weighted by Gasteiger charge is -2.10. The molecule has 1 aromatic rings. The third kappa shape index (κ3) is 7.42. The van der Waals surface area contributed by atoms with Crippen molar-refractivity contribution in [1.82, 2.24) is 0 Å². The Morgan fingerprint density at radius 2 is 1.71 bits per heavy atom. The maximum absolute atomic E-state index is 11.3. The average Bonchev–Trinajstić information content (AvgIpc) is 2.46. The highest BCUT2D eigenvalue weighted by atomic mass is 79.9. The first-order valence-corrected chi connectivity index (χ1v) is 7.31. The molecule has 0 saturated heterocycles. The van der Waals surface area contributed by atoms with Gasteiger partial charge in [-0.25, -0.2) is 0 Å². The average molecular weight is 362 g/mol. The van der Waals surface area contributed by atoms with Gasteiger partial charge in [-0.15, -0.1) is 0 Å². The van der Waals surface area contributed by atoms with Crippen molar-refractivity contribution in [2.45, 2.75) is 0 Å². The molecule has 0 heterocycles. The van der Waals surface area contributed by atoms with Gasteiger partial charge in [0.1, 0.15) is 12.4 Å². The summed E-state index contributed by atoms with van der Waals surface area (Å²) in [5.41, 5.74) is 5.64. The fourth-order valence-corrected chi connectivity index (χ4v) is 1.86. The molecule has 0 fully saturated rings. The summed E-state index contributed by atoms with van der Waals surface area (Å²) in [7, 11) is 1.62. The van der Waals surface area contributed by atoms with Crippen LogP contribution in [0, 0.1) is 0 Å². The van der Waals surface area contributed by atoms with E-state index < -0.39 is 5.91 Å². The summed E-state index contributed by atoms with van der Waals surface area (Å²) in [5.74, 6) is -0.0793. The number of carbonyl (C=O) groups excluding carboxylic acids is 1. The van der Waals surface area contributed by atoms with Crippen molar-refractivity contribution >= 4 is 21.8 Å². The van der Waals surface area contributed by atoms with Crippen molar-refractivity contribution in [2.24, 2.45) is 5.73 Å². The zero-order valence-corrected chi connectivity index (χ0v) is 13.6. The number of nitrogens with two attached hydrogens (primary N) is 1. The summed E-state index contributed by atoms with van der Waals surface area (Å²) < 4.78 is 21.7. The van der Waals surface area contributed by atoms with Gasteiger partial charge in [0, 0.05) is 11.6 Å². The molecule has 1 rings (SSSR count). The Morgan fingerprint density at radius 1 is 1.10 bits per heavy atom. The van der Waals surface area contributed by atoms with E-state index in [1.54, 1.807) is 25.3 Å². The van der Waals surface area contributed by atoms with E-state index in [1.807, 2.05) is 0 Å². The molecular weight excluding hydrogens is 342 g/mol. The van der Waals surface area contributed by atoms with Gasteiger partial charge in [-0.1, -0.05) is 15.9 Å². The molecule has 1 aromatic carbocycles. The molecular formula is C14H20BrNO5. The normalized spacial score (nSPS) is 10.6. The van der Waals surface area contributed by atoms with Gasteiger partial charge >= 0.3 is 0 Å². The van der Waals surface area contributed by atoms with Gasteiger partial charge in [-0.05, 0) is 18.2 Å². The second-order valence-electron chi connectivity index (χ2n) is 4.07. The first kappa shape index (κ1) is 17.9. The molecule has 0 bridgehead atoms. The molecule has 0 aliphatic heterocycles. The number of ether oxygens (including phenoxy) is 4. The SMILES string of the molecule is COCCOCCOCCOc1ccc(Br)cc1C(N)=O. The molecule has 6 nitrogen and oxygen atoms in total. The Bertz CT molecular complexity index is 441. The van der Waals surface area contributed by atoms with E-state index in [-0.39, 0.29) is 0 Å². The van der Waals surface area contributed by atoms with Gasteiger partial charge in [-0.2, -0.15) is 0 Å². The molecule has 0 unspecified atom stereocenters. The lowest BCUT2D eigenvalue weighted by Crippen LogP contribution is -2.16. The molecule has 1 amide bonds. The first-order chi connectivity index (χ1) is 10.1. The van der Waals surface area contributed by atoms with Crippen LogP contribution in [0.5, 0.6) is 5.75 Å². The molecule has 118 valence electrons. The van der Waals surface area contributed by atoms with Gasteiger partial charge in [0.25, 0.3) is 5.91 Å². The number of amides is 1. The second kappa shape index (κ2) is 10.6. The molecule has 0 aromatic heterocycles. The van der Waals surface area contributed by atoms with E-state index in [0.29, 0.717) is 51.0 Å². The summed E-state index contributed by atoms with van der Waals surface area (Å²) in [6, 6.07) is 5.10. The predicted molar refractivity (Wildman–Crippen MR) is 81.7 cm³/mol. The van der Waals surface area contributed by atoms with E-state index in [2.05, 4.69) is 15.9 Å². The van der Waals surface area contributed by atoms with Crippen LogP contribution in [0.3, 0.4) is 0 Å². The zero-order valence-electron chi connectivity index (χ0n) is 12.0. The number of benzene rings is 1. The predicted octanol–water partition coefficient (Wildman–Crippen LogP) is 1.61. The number of rotatable bonds is 11. The van der Waals surface area contributed by atoms with Crippen molar-refractivity contribution in [3.05, 3.63) is 28.2 Å². The summed E-state index contributed by atoms with van der Waals surface area (Å²) in [4.78, 5) is 11.3. The van der Waals surface area contributed by atoms with Crippen LogP contribution in [0.25, 0.3) is 0 Å². The minimum atomic E-state index is -0.529. The smallest absolute Gasteiger partial charge is 0.252 e. The van der Waals surface area contributed by atoms with Crippen molar-refractivity contribution in [3.8, 4) is 5.75 Å². The molecule has 21 heavy (non-hydrogen) atoms. The van der Waals surface area contributed by atoms with E-state index >= 15 is 0 Å². The number of hydrogen-bond acceptors (Lipinski definition) is 5. The fraction of sp³-hybridized carbons (Fsp3) is 0.500. The van der Waals surface area contributed by atoms with Crippen molar-refractivity contribution in [2.75, 3.05) is 46.8 Å². The van der Waals surface area contributed by atoms with Crippen LogP contribution in [-0.4, -0.2) is 52.7 Å². The van der Waals surface area contributed by atoms with E-state index in [1.165, 1.54) is 0 Å². The van der Waals surface area contributed by atoms with Gasteiger partial charge in [0.05, 0.1) is 38.6 Å². The van der Waals surface area contributed by atoms with Crippen LogP contribution in [-0.2, 0) is 14.2 Å². The second-order valence-corrected chi connectivity index (χ2v) is 4.99. The monoisotopic (exact) mass is 361 g/mol. The summed E-state index contributed by atoms with van der Waals surface area (Å²) in [6.07, 6.45) is 0. The van der Waals surface area contributed by atoms with E-state index in [0.717, 1.165) is 4.47 Å². The Balaban J connectivity index is 2.20. The number of carbonyl (C=O) groups is 1. The largest absolute Gasteiger partial charge is 0.490 e. The first-order valence-electron chi connectivity index (χ1n) is 6.51. The van der Waals surface area contributed by atoms with Gasteiger partial charge in [0.15, 0.2) is 0 Å². The van der Waals surface area contributed by atoms with Crippen molar-refractivity contribution in [1.29, 1.82) is 0 Å². The van der Waals surface area contributed by atoms with Crippen LogP contribution in [0.1, 0.15) is 10.4 Å². The van der Waals surface area contributed by atoms with Crippen LogP contribution < -0.4 is 10.5 Å². The Morgan fingerprint density at radius 3 is 2.33 bits per heavy atom. The van der Waals surface area contributed by atoms with Crippen LogP contribution in [0.2, 0.25) is 0 Å². The number of primary amides is 1. The van der Waals surface area contributed by atoms with Gasteiger partial charge in [-0.3, -0.25) is 4.79 Å². The minimum Gasteiger partial charge on any atom is -0.490 e. The van der Waals surface area contributed by atoms with Crippen LogP contribution in [0.4, 0.5) is 0 Å². The topological polar surface area (TPSA) is 80.0 Å². The Labute approximate surface area is 132 Å². The molecule has 0 atom stereocenters. The molecule has 7 heteroatoms.